The smallest absolute Gasteiger partial charge is 0.150 e. The lowest BCUT2D eigenvalue weighted by atomic mass is 9.95. The molecule has 4 rings (SSSR count). The predicted octanol–water partition coefficient (Wildman–Crippen LogP) is 2.39. The van der Waals surface area contributed by atoms with Crippen molar-refractivity contribution in [1.82, 2.24) is 20.1 Å². The van der Waals surface area contributed by atoms with Crippen molar-refractivity contribution < 1.29 is 0 Å². The largest absolute Gasteiger partial charge is 0.314 e. The van der Waals surface area contributed by atoms with E-state index in [0.717, 1.165) is 31.8 Å². The fourth-order valence-electron chi connectivity index (χ4n) is 3.40. The first-order valence-corrected chi connectivity index (χ1v) is 7.64. The molecule has 104 valence electrons. The number of fused-ring (bicyclic) bond motifs is 2. The molecule has 1 atom stereocenters. The molecule has 1 aromatic carbocycles. The Morgan fingerprint density at radius 3 is 2.90 bits per heavy atom. The van der Waals surface area contributed by atoms with E-state index in [1.807, 2.05) is 0 Å². The van der Waals surface area contributed by atoms with Crippen molar-refractivity contribution in [3.63, 3.8) is 0 Å². The van der Waals surface area contributed by atoms with Gasteiger partial charge in [0.05, 0.1) is 6.04 Å². The zero-order valence-corrected chi connectivity index (χ0v) is 11.7. The van der Waals surface area contributed by atoms with E-state index in [1.165, 1.54) is 36.2 Å². The molecular formula is C16H20N4. The van der Waals surface area contributed by atoms with Crippen LogP contribution in [0.2, 0.25) is 0 Å². The molecule has 0 bridgehead atoms. The van der Waals surface area contributed by atoms with Gasteiger partial charge in [0, 0.05) is 19.5 Å². The van der Waals surface area contributed by atoms with Gasteiger partial charge < -0.3 is 9.88 Å². The molecule has 0 radical (unpaired) electrons. The summed E-state index contributed by atoms with van der Waals surface area (Å²) < 4.78 is 2.36. The minimum Gasteiger partial charge on any atom is -0.314 e. The SMILES string of the molecule is c1ccc2c(c1)CNC(c1nnc3n1CCCCC3)C2. The molecule has 0 saturated heterocycles. The van der Waals surface area contributed by atoms with E-state index >= 15 is 0 Å². The zero-order valence-electron chi connectivity index (χ0n) is 11.7. The summed E-state index contributed by atoms with van der Waals surface area (Å²) in [5.74, 6) is 2.31. The van der Waals surface area contributed by atoms with E-state index in [0.29, 0.717) is 6.04 Å². The van der Waals surface area contributed by atoms with Crippen molar-refractivity contribution in [2.75, 3.05) is 0 Å². The average molecular weight is 268 g/mol. The van der Waals surface area contributed by atoms with Gasteiger partial charge in [-0.3, -0.25) is 0 Å². The Labute approximate surface area is 119 Å². The summed E-state index contributed by atoms with van der Waals surface area (Å²) in [5, 5.41) is 12.5. The van der Waals surface area contributed by atoms with E-state index < -0.39 is 0 Å². The quantitative estimate of drug-likeness (QED) is 0.863. The maximum atomic E-state index is 4.49. The summed E-state index contributed by atoms with van der Waals surface area (Å²) in [7, 11) is 0. The molecule has 4 nitrogen and oxygen atoms in total. The molecule has 1 N–H and O–H groups in total. The van der Waals surface area contributed by atoms with Crippen molar-refractivity contribution in [2.45, 2.75) is 51.2 Å². The van der Waals surface area contributed by atoms with Gasteiger partial charge in [0.1, 0.15) is 5.82 Å². The maximum Gasteiger partial charge on any atom is 0.150 e. The van der Waals surface area contributed by atoms with Crippen LogP contribution in [0.15, 0.2) is 24.3 Å². The van der Waals surface area contributed by atoms with E-state index in [1.54, 1.807) is 0 Å². The number of hydrogen-bond acceptors (Lipinski definition) is 3. The average Bonchev–Trinajstić information content (AvgIpc) is 2.75. The normalized spacial score (nSPS) is 21.9. The molecule has 2 aliphatic rings. The summed E-state index contributed by atoms with van der Waals surface area (Å²) in [6, 6.07) is 9.01. The van der Waals surface area contributed by atoms with Crippen LogP contribution in [0.5, 0.6) is 0 Å². The molecular weight excluding hydrogens is 248 g/mol. The van der Waals surface area contributed by atoms with Gasteiger partial charge in [-0.25, -0.2) is 0 Å². The molecule has 3 heterocycles. The third-order valence-electron chi connectivity index (χ3n) is 4.53. The first-order chi connectivity index (χ1) is 9.92. The van der Waals surface area contributed by atoms with Gasteiger partial charge in [-0.1, -0.05) is 30.7 Å². The van der Waals surface area contributed by atoms with Gasteiger partial charge in [-0.15, -0.1) is 10.2 Å². The van der Waals surface area contributed by atoms with Gasteiger partial charge in [0.2, 0.25) is 0 Å². The molecule has 1 aromatic heterocycles. The summed E-state index contributed by atoms with van der Waals surface area (Å²) in [6.45, 7) is 2.01. The maximum absolute atomic E-state index is 4.49. The molecule has 20 heavy (non-hydrogen) atoms. The molecule has 4 heteroatoms. The van der Waals surface area contributed by atoms with Crippen molar-refractivity contribution >= 4 is 0 Å². The number of nitrogens with one attached hydrogen (secondary N) is 1. The second-order valence-electron chi connectivity index (χ2n) is 5.84. The Morgan fingerprint density at radius 2 is 1.95 bits per heavy atom. The first-order valence-electron chi connectivity index (χ1n) is 7.64. The van der Waals surface area contributed by atoms with Crippen LogP contribution in [-0.4, -0.2) is 14.8 Å². The fourth-order valence-corrected chi connectivity index (χ4v) is 3.40. The van der Waals surface area contributed by atoms with Crippen LogP contribution in [0, 0.1) is 0 Å². The summed E-state index contributed by atoms with van der Waals surface area (Å²) in [6.07, 6.45) is 5.91. The summed E-state index contributed by atoms with van der Waals surface area (Å²) in [5.41, 5.74) is 2.86. The Morgan fingerprint density at radius 1 is 1.05 bits per heavy atom. The Hall–Kier alpha value is -1.68. The highest BCUT2D eigenvalue weighted by molar-refractivity contribution is 5.31. The van der Waals surface area contributed by atoms with E-state index in [-0.39, 0.29) is 0 Å². The highest BCUT2D eigenvalue weighted by Gasteiger charge is 2.25. The highest BCUT2D eigenvalue weighted by atomic mass is 15.3. The molecule has 0 aliphatic carbocycles. The lowest BCUT2D eigenvalue weighted by Crippen LogP contribution is -2.31. The number of aryl methyl sites for hydroxylation is 1. The van der Waals surface area contributed by atoms with Crippen LogP contribution in [0.1, 0.15) is 48.1 Å². The molecule has 0 amide bonds. The Balaban J connectivity index is 1.65. The second kappa shape index (κ2) is 5.02. The Kier molecular flexibility index (Phi) is 3.03. The molecule has 2 aliphatic heterocycles. The first kappa shape index (κ1) is 12.1. The molecule has 0 fully saturated rings. The number of rotatable bonds is 1. The minimum absolute atomic E-state index is 0.309. The van der Waals surface area contributed by atoms with Gasteiger partial charge >= 0.3 is 0 Å². The van der Waals surface area contributed by atoms with Crippen LogP contribution < -0.4 is 5.32 Å². The van der Waals surface area contributed by atoms with E-state index in [4.69, 9.17) is 0 Å². The number of nitrogens with zero attached hydrogens (tertiary/aromatic N) is 3. The lowest BCUT2D eigenvalue weighted by molar-refractivity contribution is 0.449. The molecule has 0 saturated carbocycles. The third-order valence-corrected chi connectivity index (χ3v) is 4.53. The van der Waals surface area contributed by atoms with Crippen LogP contribution in [-0.2, 0) is 25.9 Å². The summed E-state index contributed by atoms with van der Waals surface area (Å²) in [4.78, 5) is 0. The predicted molar refractivity (Wildman–Crippen MR) is 77.3 cm³/mol. The van der Waals surface area contributed by atoms with E-state index in [2.05, 4.69) is 44.3 Å². The zero-order chi connectivity index (χ0) is 13.4. The molecule has 2 aromatic rings. The number of hydrogen-bond donors (Lipinski definition) is 1. The van der Waals surface area contributed by atoms with Crippen LogP contribution in [0.4, 0.5) is 0 Å². The summed E-state index contributed by atoms with van der Waals surface area (Å²) >= 11 is 0. The van der Waals surface area contributed by atoms with Crippen molar-refractivity contribution in [3.8, 4) is 0 Å². The van der Waals surface area contributed by atoms with Crippen molar-refractivity contribution in [1.29, 1.82) is 0 Å². The minimum atomic E-state index is 0.309. The monoisotopic (exact) mass is 268 g/mol. The lowest BCUT2D eigenvalue weighted by Gasteiger charge is -2.26. The molecule has 1 unspecified atom stereocenters. The van der Waals surface area contributed by atoms with Crippen LogP contribution in [0.3, 0.4) is 0 Å². The number of aromatic nitrogens is 3. The van der Waals surface area contributed by atoms with Gasteiger partial charge in [0.25, 0.3) is 0 Å². The van der Waals surface area contributed by atoms with Crippen molar-refractivity contribution in [3.05, 3.63) is 47.0 Å². The van der Waals surface area contributed by atoms with Crippen molar-refractivity contribution in [2.24, 2.45) is 0 Å². The highest BCUT2D eigenvalue weighted by Crippen LogP contribution is 2.26. The number of benzene rings is 1. The topological polar surface area (TPSA) is 42.7 Å². The Bertz CT molecular complexity index is 617. The third kappa shape index (κ3) is 2.04. The van der Waals surface area contributed by atoms with Gasteiger partial charge in [-0.05, 0) is 30.4 Å². The van der Waals surface area contributed by atoms with Gasteiger partial charge in [0.15, 0.2) is 5.82 Å². The van der Waals surface area contributed by atoms with Crippen LogP contribution >= 0.6 is 0 Å². The van der Waals surface area contributed by atoms with Crippen LogP contribution in [0.25, 0.3) is 0 Å². The second-order valence-corrected chi connectivity index (χ2v) is 5.84. The standard InChI is InChI=1S/C16H20N4/c1-2-8-15-18-19-16(20(15)9-5-1)14-10-12-6-3-4-7-13(12)11-17-14/h3-4,6-7,14,17H,1-2,5,8-11H2. The molecule has 0 spiro atoms. The fraction of sp³-hybridized carbons (Fsp3) is 0.500. The van der Waals surface area contributed by atoms with Gasteiger partial charge in [-0.2, -0.15) is 0 Å². The van der Waals surface area contributed by atoms with E-state index in [9.17, 15) is 0 Å².